The van der Waals surface area contributed by atoms with Crippen molar-refractivity contribution < 1.29 is 14.2 Å². The zero-order chi connectivity index (χ0) is 21.2. The van der Waals surface area contributed by atoms with E-state index in [9.17, 15) is 0 Å². The number of ether oxygens (including phenoxy) is 3. The average molecular weight is 436 g/mol. The molecule has 8 nitrogen and oxygen atoms in total. The summed E-state index contributed by atoms with van der Waals surface area (Å²) < 4.78 is 18.6. The molecule has 4 aromatic rings. The molecule has 2 aromatic carbocycles. The van der Waals surface area contributed by atoms with Crippen molar-refractivity contribution in [3.8, 4) is 28.8 Å². The maximum absolute atomic E-state index is 6.32. The number of imidazole rings is 1. The Kier molecular flexibility index (Phi) is 5.05. The van der Waals surface area contributed by atoms with Crippen LogP contribution < -0.4 is 19.5 Å². The van der Waals surface area contributed by atoms with E-state index in [1.54, 1.807) is 12.5 Å². The number of nitrogens with zero attached hydrogens (tertiary/aromatic N) is 4. The van der Waals surface area contributed by atoms with Crippen LogP contribution in [0.4, 0.5) is 5.95 Å². The lowest BCUT2D eigenvalue weighted by Crippen LogP contribution is -2.06. The fraction of sp³-hybridized carbons (Fsp3) is 0.136. The Morgan fingerprint density at radius 2 is 1.94 bits per heavy atom. The van der Waals surface area contributed by atoms with Gasteiger partial charge in [0.1, 0.15) is 10.9 Å². The predicted molar refractivity (Wildman–Crippen MR) is 115 cm³/mol. The van der Waals surface area contributed by atoms with Gasteiger partial charge in [0, 0.05) is 30.2 Å². The Morgan fingerprint density at radius 3 is 2.74 bits per heavy atom. The maximum atomic E-state index is 6.32. The number of fused-ring (bicyclic) bond motifs is 1. The summed E-state index contributed by atoms with van der Waals surface area (Å²) in [4.78, 5) is 12.9. The number of anilines is 1. The molecule has 0 atom stereocenters. The number of halogens is 1. The van der Waals surface area contributed by atoms with E-state index in [0.717, 1.165) is 22.7 Å². The maximum Gasteiger partial charge on any atom is 0.231 e. The Balaban J connectivity index is 1.31. The van der Waals surface area contributed by atoms with E-state index in [1.807, 2.05) is 60.2 Å². The van der Waals surface area contributed by atoms with E-state index in [4.69, 9.17) is 25.8 Å². The fourth-order valence-corrected chi connectivity index (χ4v) is 3.25. The third kappa shape index (κ3) is 4.10. The molecular weight excluding hydrogens is 418 g/mol. The van der Waals surface area contributed by atoms with E-state index in [1.165, 1.54) is 0 Å². The summed E-state index contributed by atoms with van der Waals surface area (Å²) in [5.41, 5.74) is 2.64. The van der Waals surface area contributed by atoms with Gasteiger partial charge in [-0.3, -0.25) is 0 Å². The zero-order valence-electron chi connectivity index (χ0n) is 16.6. The van der Waals surface area contributed by atoms with Crippen molar-refractivity contribution in [3.63, 3.8) is 0 Å². The first-order chi connectivity index (χ1) is 15.2. The molecule has 5 rings (SSSR count). The van der Waals surface area contributed by atoms with E-state index in [-0.39, 0.29) is 6.79 Å². The first kappa shape index (κ1) is 19.2. The van der Waals surface area contributed by atoms with Crippen LogP contribution in [0.2, 0.25) is 5.15 Å². The molecule has 0 saturated heterocycles. The lowest BCUT2D eigenvalue weighted by Gasteiger charge is -2.12. The van der Waals surface area contributed by atoms with Crippen LogP contribution in [0.1, 0.15) is 11.1 Å². The highest BCUT2D eigenvalue weighted by Gasteiger charge is 2.15. The van der Waals surface area contributed by atoms with Crippen LogP contribution >= 0.6 is 11.6 Å². The van der Waals surface area contributed by atoms with E-state index >= 15 is 0 Å². The normalized spacial score (nSPS) is 12.1. The van der Waals surface area contributed by atoms with Gasteiger partial charge in [0.25, 0.3) is 0 Å². The minimum absolute atomic E-state index is 0.243. The van der Waals surface area contributed by atoms with Crippen LogP contribution in [0.25, 0.3) is 5.69 Å². The summed E-state index contributed by atoms with van der Waals surface area (Å²) in [6, 6.07) is 13.4. The molecule has 1 aliphatic heterocycles. The van der Waals surface area contributed by atoms with Gasteiger partial charge >= 0.3 is 0 Å². The molecule has 2 aromatic heterocycles. The first-order valence-corrected chi connectivity index (χ1v) is 9.96. The van der Waals surface area contributed by atoms with Gasteiger partial charge in [-0.25, -0.2) is 9.97 Å². The molecule has 0 fully saturated rings. The summed E-state index contributed by atoms with van der Waals surface area (Å²) in [7, 11) is 0. The largest absolute Gasteiger partial charge is 0.454 e. The Labute approximate surface area is 183 Å². The average Bonchev–Trinajstić information content (AvgIpc) is 3.48. The molecule has 31 heavy (non-hydrogen) atoms. The van der Waals surface area contributed by atoms with Gasteiger partial charge in [0.15, 0.2) is 11.5 Å². The third-order valence-electron chi connectivity index (χ3n) is 4.78. The highest BCUT2D eigenvalue weighted by Crippen LogP contribution is 2.33. The topological polar surface area (TPSA) is 83.3 Å². The molecule has 0 unspecified atom stereocenters. The van der Waals surface area contributed by atoms with Crippen LogP contribution in [0, 0.1) is 6.92 Å². The second-order valence-electron chi connectivity index (χ2n) is 6.88. The number of hydrogen-bond acceptors (Lipinski definition) is 7. The van der Waals surface area contributed by atoms with Crippen LogP contribution in [0.15, 0.2) is 61.2 Å². The third-order valence-corrected chi connectivity index (χ3v) is 5.15. The highest BCUT2D eigenvalue weighted by molar-refractivity contribution is 6.30. The van der Waals surface area contributed by atoms with Gasteiger partial charge in [-0.1, -0.05) is 17.7 Å². The zero-order valence-corrected chi connectivity index (χ0v) is 17.3. The first-order valence-electron chi connectivity index (χ1n) is 9.58. The number of benzene rings is 2. The van der Waals surface area contributed by atoms with Crippen molar-refractivity contribution in [2.45, 2.75) is 13.5 Å². The van der Waals surface area contributed by atoms with Gasteiger partial charge in [-0.2, -0.15) is 4.98 Å². The van der Waals surface area contributed by atoms with Crippen LogP contribution in [-0.4, -0.2) is 26.3 Å². The minimum atomic E-state index is 0.243. The van der Waals surface area contributed by atoms with Gasteiger partial charge in [0.2, 0.25) is 18.6 Å². The number of rotatable bonds is 6. The van der Waals surface area contributed by atoms with Crippen LogP contribution in [0.3, 0.4) is 0 Å². The summed E-state index contributed by atoms with van der Waals surface area (Å²) in [6.07, 6.45) is 5.35. The number of aromatic nitrogens is 4. The minimum Gasteiger partial charge on any atom is -0.454 e. The molecule has 3 heterocycles. The predicted octanol–water partition coefficient (Wildman–Crippen LogP) is 4.76. The van der Waals surface area contributed by atoms with Crippen molar-refractivity contribution in [2.24, 2.45) is 0 Å². The molecule has 0 amide bonds. The van der Waals surface area contributed by atoms with E-state index in [0.29, 0.717) is 34.8 Å². The van der Waals surface area contributed by atoms with Gasteiger partial charge in [-0.05, 0) is 48.9 Å². The lowest BCUT2D eigenvalue weighted by atomic mass is 10.2. The molecule has 0 saturated carbocycles. The molecule has 0 aliphatic carbocycles. The van der Waals surface area contributed by atoms with E-state index < -0.39 is 0 Å². The summed E-state index contributed by atoms with van der Waals surface area (Å²) >= 11 is 6.32. The molecule has 9 heteroatoms. The van der Waals surface area contributed by atoms with Crippen molar-refractivity contribution >= 4 is 17.5 Å². The summed E-state index contributed by atoms with van der Waals surface area (Å²) in [6.45, 7) is 2.56. The van der Waals surface area contributed by atoms with Gasteiger partial charge in [-0.15, -0.1) is 0 Å². The van der Waals surface area contributed by atoms with Gasteiger partial charge < -0.3 is 24.1 Å². The van der Waals surface area contributed by atoms with Crippen LogP contribution in [0.5, 0.6) is 23.1 Å². The summed E-state index contributed by atoms with van der Waals surface area (Å²) in [5, 5.41) is 3.51. The molecule has 0 bridgehead atoms. The Hall–Kier alpha value is -3.78. The van der Waals surface area contributed by atoms with Gasteiger partial charge in [0.05, 0.1) is 6.33 Å². The number of nitrogens with one attached hydrogen (secondary N) is 1. The monoisotopic (exact) mass is 435 g/mol. The smallest absolute Gasteiger partial charge is 0.231 e. The Morgan fingerprint density at radius 1 is 1.10 bits per heavy atom. The standard InChI is InChI=1S/C22H18ClN5O3/c1-14-20(23)26-22(25-11-15-2-7-18-19(10-15)30-13-29-18)27-21(14)31-17-5-3-16(4-6-17)28-9-8-24-12-28/h2-10,12H,11,13H2,1H3,(H,25,26,27). The molecule has 0 radical (unpaired) electrons. The molecule has 1 N–H and O–H groups in total. The molecular formula is C22H18ClN5O3. The van der Waals surface area contributed by atoms with Crippen LogP contribution in [-0.2, 0) is 6.54 Å². The quantitative estimate of drug-likeness (QED) is 0.437. The van der Waals surface area contributed by atoms with Crippen molar-refractivity contribution in [1.82, 2.24) is 19.5 Å². The molecule has 0 spiro atoms. The fourth-order valence-electron chi connectivity index (χ4n) is 3.09. The Bertz CT molecular complexity index is 1210. The van der Waals surface area contributed by atoms with Crippen molar-refractivity contribution in [1.29, 1.82) is 0 Å². The highest BCUT2D eigenvalue weighted by atomic mass is 35.5. The molecule has 1 aliphatic rings. The second kappa shape index (κ2) is 8.16. The summed E-state index contributed by atoms with van der Waals surface area (Å²) in [5.74, 6) is 2.88. The van der Waals surface area contributed by atoms with Crippen molar-refractivity contribution in [3.05, 3.63) is 77.5 Å². The number of hydrogen-bond donors (Lipinski definition) is 1. The second-order valence-corrected chi connectivity index (χ2v) is 7.23. The van der Waals surface area contributed by atoms with E-state index in [2.05, 4.69) is 20.3 Å². The van der Waals surface area contributed by atoms with Crippen molar-refractivity contribution in [2.75, 3.05) is 12.1 Å². The SMILES string of the molecule is Cc1c(Cl)nc(NCc2ccc3c(c2)OCO3)nc1Oc1ccc(-n2ccnc2)cc1. The lowest BCUT2D eigenvalue weighted by molar-refractivity contribution is 0.174. The molecule has 156 valence electrons.